The van der Waals surface area contributed by atoms with Gasteiger partial charge in [0.1, 0.15) is 5.00 Å². The van der Waals surface area contributed by atoms with Crippen molar-refractivity contribution in [3.8, 4) is 0 Å². The number of benzene rings is 1. The van der Waals surface area contributed by atoms with Gasteiger partial charge in [-0.1, -0.05) is 48.0 Å². The van der Waals surface area contributed by atoms with Crippen LogP contribution in [-0.2, 0) is 21.7 Å². The van der Waals surface area contributed by atoms with Crippen molar-refractivity contribution >= 4 is 29.3 Å². The van der Waals surface area contributed by atoms with Crippen molar-refractivity contribution < 1.29 is 21.7 Å². The maximum absolute atomic E-state index is 6.75. The van der Waals surface area contributed by atoms with Crippen molar-refractivity contribution in [1.82, 2.24) is 5.32 Å². The fourth-order valence-electron chi connectivity index (χ4n) is 2.47. The van der Waals surface area contributed by atoms with Crippen LogP contribution in [0.4, 0.5) is 0 Å². The SMILES string of the molecule is CC(C)(C)NC(Cl)(CCl)C1C=Cc2ccccc21.[Ti]. The van der Waals surface area contributed by atoms with Gasteiger partial charge in [-0.15, -0.1) is 11.6 Å². The fourth-order valence-corrected chi connectivity index (χ4v) is 3.17. The standard InChI is InChI=1S/C15H19Cl2N.Ti/c1-14(2,3)18-15(17,10-16)13-9-8-11-6-4-5-7-12(11)13;/h4-9,13,18H,10H2,1-3H3;. The average Bonchev–Trinajstić information content (AvgIpc) is 2.71. The van der Waals surface area contributed by atoms with Gasteiger partial charge in [0.2, 0.25) is 0 Å². The minimum atomic E-state index is -0.650. The summed E-state index contributed by atoms with van der Waals surface area (Å²) in [7, 11) is 0. The first-order chi connectivity index (χ1) is 8.36. The molecule has 1 aromatic carbocycles. The predicted molar refractivity (Wildman–Crippen MR) is 80.4 cm³/mol. The zero-order valence-electron chi connectivity index (χ0n) is 11.5. The van der Waals surface area contributed by atoms with E-state index in [4.69, 9.17) is 23.2 Å². The van der Waals surface area contributed by atoms with E-state index in [2.05, 4.69) is 50.4 Å². The zero-order chi connectivity index (χ0) is 13.4. The molecule has 19 heavy (non-hydrogen) atoms. The zero-order valence-corrected chi connectivity index (χ0v) is 14.6. The number of hydrogen-bond donors (Lipinski definition) is 1. The Kier molecular flexibility index (Phi) is 5.75. The summed E-state index contributed by atoms with van der Waals surface area (Å²) in [5.74, 6) is 0.460. The quantitative estimate of drug-likeness (QED) is 0.493. The van der Waals surface area contributed by atoms with Gasteiger partial charge in [0.05, 0.1) is 5.88 Å². The molecule has 1 aliphatic carbocycles. The minimum absolute atomic E-state index is 0. The van der Waals surface area contributed by atoms with Crippen molar-refractivity contribution in [2.24, 2.45) is 0 Å². The van der Waals surface area contributed by atoms with Crippen molar-refractivity contribution in [3.63, 3.8) is 0 Å². The first-order valence-corrected chi connectivity index (χ1v) is 7.08. The summed E-state index contributed by atoms with van der Waals surface area (Å²) >= 11 is 12.9. The largest absolute Gasteiger partial charge is 0.292 e. The Bertz CT molecular complexity index is 467. The molecule has 1 N–H and O–H groups in total. The van der Waals surface area contributed by atoms with Crippen molar-refractivity contribution in [2.75, 3.05) is 5.88 Å². The molecular formula is C15H19Cl2NTi. The van der Waals surface area contributed by atoms with Gasteiger partial charge in [-0.05, 0) is 31.9 Å². The molecule has 1 aromatic rings. The molecule has 0 amide bonds. The molecular weight excluding hydrogens is 313 g/mol. The molecule has 2 atom stereocenters. The molecule has 0 bridgehead atoms. The molecule has 1 nitrogen and oxygen atoms in total. The number of rotatable bonds is 3. The van der Waals surface area contributed by atoms with Crippen molar-refractivity contribution in [1.29, 1.82) is 0 Å². The molecule has 0 radical (unpaired) electrons. The maximum atomic E-state index is 6.75. The normalized spacial score (nSPS) is 20.6. The minimum Gasteiger partial charge on any atom is -0.292 e. The monoisotopic (exact) mass is 331 g/mol. The second kappa shape index (κ2) is 6.32. The molecule has 0 saturated carbocycles. The summed E-state index contributed by atoms with van der Waals surface area (Å²) in [5, 5.41) is 3.45. The van der Waals surface area contributed by atoms with E-state index in [1.807, 2.05) is 12.1 Å². The number of hydrogen-bond acceptors (Lipinski definition) is 1. The van der Waals surface area contributed by atoms with Crippen molar-refractivity contribution in [3.05, 3.63) is 41.5 Å². The van der Waals surface area contributed by atoms with Crippen LogP contribution in [0.2, 0.25) is 0 Å². The summed E-state index contributed by atoms with van der Waals surface area (Å²) in [6.45, 7) is 6.30. The predicted octanol–water partition coefficient (Wildman–Crippen LogP) is 4.36. The Morgan fingerprint density at radius 1 is 1.21 bits per heavy atom. The third-order valence-electron chi connectivity index (χ3n) is 3.07. The van der Waals surface area contributed by atoms with Crippen LogP contribution in [0.1, 0.15) is 37.8 Å². The summed E-state index contributed by atoms with van der Waals surface area (Å²) in [4.78, 5) is -0.650. The topological polar surface area (TPSA) is 12.0 Å². The Morgan fingerprint density at radius 3 is 2.42 bits per heavy atom. The molecule has 4 heteroatoms. The Morgan fingerprint density at radius 2 is 1.84 bits per heavy atom. The molecule has 0 heterocycles. The molecule has 2 unspecified atom stereocenters. The maximum Gasteiger partial charge on any atom is 0.118 e. The molecule has 1 aliphatic rings. The number of nitrogens with one attached hydrogen (secondary N) is 1. The van der Waals surface area contributed by atoms with E-state index >= 15 is 0 Å². The van der Waals surface area contributed by atoms with Gasteiger partial charge in [-0.3, -0.25) is 5.32 Å². The van der Waals surface area contributed by atoms with Crippen LogP contribution in [0, 0.1) is 0 Å². The Labute approximate surface area is 140 Å². The molecule has 0 fully saturated rings. The van der Waals surface area contributed by atoms with Crippen LogP contribution in [0.15, 0.2) is 30.3 Å². The number of alkyl halides is 2. The van der Waals surface area contributed by atoms with Gasteiger partial charge in [0.15, 0.2) is 0 Å². The first-order valence-electron chi connectivity index (χ1n) is 6.17. The van der Waals surface area contributed by atoms with Crippen LogP contribution in [-0.4, -0.2) is 16.4 Å². The summed E-state index contributed by atoms with van der Waals surface area (Å²) in [5.41, 5.74) is 2.39. The molecule has 0 aliphatic heterocycles. The van der Waals surface area contributed by atoms with Crippen LogP contribution in [0.3, 0.4) is 0 Å². The van der Waals surface area contributed by atoms with E-state index in [-0.39, 0.29) is 33.2 Å². The second-order valence-electron chi connectivity index (χ2n) is 5.84. The van der Waals surface area contributed by atoms with E-state index in [0.29, 0.717) is 5.88 Å². The van der Waals surface area contributed by atoms with Gasteiger partial charge in [-0.2, -0.15) is 0 Å². The van der Waals surface area contributed by atoms with Crippen LogP contribution < -0.4 is 5.32 Å². The smallest absolute Gasteiger partial charge is 0.118 e. The van der Waals surface area contributed by atoms with Crippen molar-refractivity contribution in [2.45, 2.75) is 37.2 Å². The Hall–Kier alpha value is 0.214. The van der Waals surface area contributed by atoms with Gasteiger partial charge in [0, 0.05) is 33.2 Å². The fraction of sp³-hybridized carbons (Fsp3) is 0.467. The van der Waals surface area contributed by atoms with Gasteiger partial charge in [0.25, 0.3) is 0 Å². The van der Waals surface area contributed by atoms with Crippen LogP contribution in [0.5, 0.6) is 0 Å². The third kappa shape index (κ3) is 3.86. The van der Waals surface area contributed by atoms with E-state index in [1.54, 1.807) is 0 Å². The summed E-state index contributed by atoms with van der Waals surface area (Å²) in [6.07, 6.45) is 4.26. The van der Waals surface area contributed by atoms with E-state index in [0.717, 1.165) is 0 Å². The van der Waals surface area contributed by atoms with Gasteiger partial charge < -0.3 is 0 Å². The molecule has 0 saturated heterocycles. The van der Waals surface area contributed by atoms with E-state index in [1.165, 1.54) is 11.1 Å². The molecule has 2 rings (SSSR count). The van der Waals surface area contributed by atoms with Gasteiger partial charge in [-0.25, -0.2) is 0 Å². The first kappa shape index (κ1) is 17.3. The Balaban J connectivity index is 0.00000180. The van der Waals surface area contributed by atoms with Crippen LogP contribution in [0.25, 0.3) is 6.08 Å². The molecule has 0 spiro atoms. The molecule has 102 valence electrons. The second-order valence-corrected chi connectivity index (χ2v) is 6.78. The number of halogens is 2. The number of fused-ring (bicyclic) bond motifs is 1. The average molecular weight is 332 g/mol. The van der Waals surface area contributed by atoms with E-state index in [9.17, 15) is 0 Å². The molecule has 0 aromatic heterocycles. The van der Waals surface area contributed by atoms with E-state index < -0.39 is 5.00 Å². The van der Waals surface area contributed by atoms with Crippen LogP contribution >= 0.6 is 23.2 Å². The summed E-state index contributed by atoms with van der Waals surface area (Å²) in [6, 6.07) is 8.31. The third-order valence-corrected chi connectivity index (χ3v) is 4.09. The van der Waals surface area contributed by atoms with Gasteiger partial charge >= 0.3 is 0 Å². The summed E-state index contributed by atoms with van der Waals surface area (Å²) < 4.78 is 0.